The zero-order valence-corrected chi connectivity index (χ0v) is 9.66. The van der Waals surface area contributed by atoms with E-state index in [1.54, 1.807) is 11.8 Å². The van der Waals surface area contributed by atoms with Crippen LogP contribution in [-0.4, -0.2) is 41.4 Å². The lowest BCUT2D eigenvalue weighted by atomic mass is 10.2. The molecule has 0 spiro atoms. The van der Waals surface area contributed by atoms with Gasteiger partial charge in [-0.05, 0) is 32.6 Å². The molecule has 16 heavy (non-hydrogen) atoms. The van der Waals surface area contributed by atoms with Gasteiger partial charge in [0.15, 0.2) is 0 Å². The van der Waals surface area contributed by atoms with Crippen molar-refractivity contribution in [3.05, 3.63) is 0 Å². The fourth-order valence-electron chi connectivity index (χ4n) is 1.98. The number of amides is 2. The van der Waals surface area contributed by atoms with Crippen LogP contribution in [-0.2, 0) is 9.59 Å². The van der Waals surface area contributed by atoms with Gasteiger partial charge in [0.2, 0.25) is 11.8 Å². The summed E-state index contributed by atoms with van der Waals surface area (Å²) in [6.45, 7) is 3.35. The van der Waals surface area contributed by atoms with Crippen molar-refractivity contribution in [1.82, 2.24) is 10.2 Å². The van der Waals surface area contributed by atoms with E-state index in [4.69, 9.17) is 5.73 Å². The molecule has 1 aliphatic carbocycles. The zero-order chi connectivity index (χ0) is 11.8. The van der Waals surface area contributed by atoms with Crippen LogP contribution in [0.4, 0.5) is 0 Å². The minimum atomic E-state index is -0.695. The number of nitrogens with one attached hydrogen (secondary N) is 1. The summed E-state index contributed by atoms with van der Waals surface area (Å²) in [5, 5.41) is 2.70. The predicted octanol–water partition coefficient (Wildman–Crippen LogP) is -0.395. The SMILES string of the molecule is CC(NC(=O)C1(N)CC1)C(=O)N1CCCC1. The Morgan fingerprint density at radius 1 is 1.31 bits per heavy atom. The van der Waals surface area contributed by atoms with Crippen molar-refractivity contribution in [1.29, 1.82) is 0 Å². The Morgan fingerprint density at radius 2 is 1.88 bits per heavy atom. The Kier molecular flexibility index (Phi) is 2.88. The first-order valence-electron chi connectivity index (χ1n) is 5.91. The van der Waals surface area contributed by atoms with E-state index in [2.05, 4.69) is 5.32 Å². The van der Waals surface area contributed by atoms with Crippen LogP contribution in [0.3, 0.4) is 0 Å². The highest BCUT2D eigenvalue weighted by molar-refractivity contribution is 5.93. The monoisotopic (exact) mass is 225 g/mol. The average Bonchev–Trinajstić information content (AvgIpc) is 2.83. The third-order valence-electron chi connectivity index (χ3n) is 3.38. The lowest BCUT2D eigenvalue weighted by Gasteiger charge is -2.22. The highest BCUT2D eigenvalue weighted by Crippen LogP contribution is 2.32. The lowest BCUT2D eigenvalue weighted by molar-refractivity contribution is -0.135. The molecule has 90 valence electrons. The number of hydrogen-bond donors (Lipinski definition) is 2. The fraction of sp³-hybridized carbons (Fsp3) is 0.818. The van der Waals surface area contributed by atoms with Gasteiger partial charge in [-0.2, -0.15) is 0 Å². The first kappa shape index (κ1) is 11.4. The van der Waals surface area contributed by atoms with E-state index in [9.17, 15) is 9.59 Å². The topological polar surface area (TPSA) is 75.4 Å². The number of rotatable bonds is 3. The number of nitrogens with zero attached hydrogens (tertiary/aromatic N) is 1. The van der Waals surface area contributed by atoms with E-state index in [0.29, 0.717) is 0 Å². The Bertz CT molecular complexity index is 306. The van der Waals surface area contributed by atoms with Crippen molar-refractivity contribution in [3.63, 3.8) is 0 Å². The first-order chi connectivity index (χ1) is 7.53. The van der Waals surface area contributed by atoms with Crippen LogP contribution in [0.25, 0.3) is 0 Å². The maximum absolute atomic E-state index is 11.9. The molecule has 0 radical (unpaired) electrons. The summed E-state index contributed by atoms with van der Waals surface area (Å²) in [6.07, 6.45) is 3.58. The summed E-state index contributed by atoms with van der Waals surface area (Å²) in [7, 11) is 0. The second kappa shape index (κ2) is 4.05. The van der Waals surface area contributed by atoms with E-state index in [1.165, 1.54) is 0 Å². The van der Waals surface area contributed by atoms with E-state index in [-0.39, 0.29) is 11.8 Å². The summed E-state index contributed by atoms with van der Waals surface area (Å²) in [6, 6.07) is -0.452. The van der Waals surface area contributed by atoms with Crippen molar-refractivity contribution in [2.45, 2.75) is 44.2 Å². The number of nitrogens with two attached hydrogens (primary N) is 1. The van der Waals surface area contributed by atoms with Crippen LogP contribution in [0.1, 0.15) is 32.6 Å². The molecule has 2 aliphatic rings. The fourth-order valence-corrected chi connectivity index (χ4v) is 1.98. The standard InChI is InChI=1S/C11H19N3O2/c1-8(9(15)14-6-2-3-7-14)13-10(16)11(12)4-5-11/h8H,2-7,12H2,1H3,(H,13,16). The van der Waals surface area contributed by atoms with E-state index < -0.39 is 11.6 Å². The molecule has 0 aromatic heterocycles. The second-order valence-electron chi connectivity index (χ2n) is 4.88. The van der Waals surface area contributed by atoms with Gasteiger partial charge >= 0.3 is 0 Å². The third-order valence-corrected chi connectivity index (χ3v) is 3.38. The van der Waals surface area contributed by atoms with Gasteiger partial charge < -0.3 is 16.0 Å². The number of hydrogen-bond acceptors (Lipinski definition) is 3. The molecule has 1 aliphatic heterocycles. The summed E-state index contributed by atoms with van der Waals surface area (Å²) in [5.74, 6) is -0.178. The van der Waals surface area contributed by atoms with Crippen LogP contribution in [0.2, 0.25) is 0 Å². The van der Waals surface area contributed by atoms with Gasteiger partial charge in [-0.25, -0.2) is 0 Å². The molecule has 5 nitrogen and oxygen atoms in total. The lowest BCUT2D eigenvalue weighted by Crippen LogP contribution is -2.51. The van der Waals surface area contributed by atoms with Gasteiger partial charge in [0, 0.05) is 13.1 Å². The van der Waals surface area contributed by atoms with E-state index in [1.807, 2.05) is 0 Å². The van der Waals surface area contributed by atoms with Crippen molar-refractivity contribution in [3.8, 4) is 0 Å². The Morgan fingerprint density at radius 3 is 2.38 bits per heavy atom. The minimum absolute atomic E-state index is 0.00935. The van der Waals surface area contributed by atoms with Crippen LogP contribution in [0.5, 0.6) is 0 Å². The largest absolute Gasteiger partial charge is 0.343 e. The molecule has 1 heterocycles. The summed E-state index contributed by atoms with van der Waals surface area (Å²) >= 11 is 0. The Balaban J connectivity index is 1.84. The first-order valence-corrected chi connectivity index (χ1v) is 5.91. The van der Waals surface area contributed by atoms with Crippen molar-refractivity contribution >= 4 is 11.8 Å². The molecule has 1 unspecified atom stereocenters. The highest BCUT2D eigenvalue weighted by Gasteiger charge is 2.46. The van der Waals surface area contributed by atoms with Gasteiger partial charge in [0.25, 0.3) is 0 Å². The molecule has 0 bridgehead atoms. The van der Waals surface area contributed by atoms with Crippen LogP contribution >= 0.6 is 0 Å². The van der Waals surface area contributed by atoms with E-state index >= 15 is 0 Å². The normalized spacial score (nSPS) is 24.0. The number of carbonyl (C=O) groups excluding carboxylic acids is 2. The summed E-state index contributed by atoms with van der Waals surface area (Å²) in [4.78, 5) is 25.4. The molecule has 1 saturated carbocycles. The van der Waals surface area contributed by atoms with Gasteiger partial charge in [-0.1, -0.05) is 0 Å². The molecule has 0 aromatic carbocycles. The second-order valence-corrected chi connectivity index (χ2v) is 4.88. The van der Waals surface area contributed by atoms with Gasteiger partial charge in [0.05, 0.1) is 5.54 Å². The molecular formula is C11H19N3O2. The smallest absolute Gasteiger partial charge is 0.244 e. The molecule has 2 fully saturated rings. The quantitative estimate of drug-likeness (QED) is 0.686. The predicted molar refractivity (Wildman–Crippen MR) is 59.6 cm³/mol. The maximum atomic E-state index is 11.9. The van der Waals surface area contributed by atoms with Crippen molar-refractivity contribution in [2.24, 2.45) is 5.73 Å². The third kappa shape index (κ3) is 2.19. The summed E-state index contributed by atoms with van der Waals surface area (Å²) < 4.78 is 0. The average molecular weight is 225 g/mol. The molecule has 3 N–H and O–H groups in total. The van der Waals surface area contributed by atoms with Crippen molar-refractivity contribution < 1.29 is 9.59 Å². The molecule has 2 amide bonds. The molecule has 1 atom stereocenters. The molecule has 5 heteroatoms. The van der Waals surface area contributed by atoms with Crippen LogP contribution in [0.15, 0.2) is 0 Å². The highest BCUT2D eigenvalue weighted by atomic mass is 16.2. The van der Waals surface area contributed by atoms with E-state index in [0.717, 1.165) is 38.8 Å². The summed E-state index contributed by atoms with van der Waals surface area (Å²) in [5.41, 5.74) is 5.06. The molecular weight excluding hydrogens is 206 g/mol. The van der Waals surface area contributed by atoms with Crippen molar-refractivity contribution in [2.75, 3.05) is 13.1 Å². The van der Waals surface area contributed by atoms with Crippen LogP contribution in [0, 0.1) is 0 Å². The Labute approximate surface area is 95.3 Å². The molecule has 1 saturated heterocycles. The van der Waals surface area contributed by atoms with Gasteiger partial charge in [-0.3, -0.25) is 9.59 Å². The molecule has 0 aromatic rings. The maximum Gasteiger partial charge on any atom is 0.244 e. The number of carbonyl (C=O) groups is 2. The zero-order valence-electron chi connectivity index (χ0n) is 9.66. The van der Waals surface area contributed by atoms with Crippen LogP contribution < -0.4 is 11.1 Å². The Hall–Kier alpha value is -1.10. The van der Waals surface area contributed by atoms with Gasteiger partial charge in [0.1, 0.15) is 6.04 Å². The minimum Gasteiger partial charge on any atom is -0.343 e. The molecule has 2 rings (SSSR count). The van der Waals surface area contributed by atoms with Gasteiger partial charge in [-0.15, -0.1) is 0 Å². The number of likely N-dealkylation sites (tertiary alicyclic amines) is 1.